The maximum Gasteiger partial charge on any atom is 0.0860 e. The summed E-state index contributed by atoms with van der Waals surface area (Å²) in [6.45, 7) is 3.19. The summed E-state index contributed by atoms with van der Waals surface area (Å²) >= 11 is 1.69. The van der Waals surface area contributed by atoms with Gasteiger partial charge in [0.1, 0.15) is 0 Å². The van der Waals surface area contributed by atoms with Crippen molar-refractivity contribution in [3.63, 3.8) is 0 Å². The Morgan fingerprint density at radius 1 is 1.59 bits per heavy atom. The van der Waals surface area contributed by atoms with Gasteiger partial charge < -0.3 is 10.4 Å². The fourth-order valence-corrected chi connectivity index (χ4v) is 2.40. The van der Waals surface area contributed by atoms with Crippen LogP contribution >= 0.6 is 11.3 Å². The van der Waals surface area contributed by atoms with Crippen LogP contribution in [0.4, 0.5) is 0 Å². The van der Waals surface area contributed by atoms with E-state index in [0.717, 1.165) is 0 Å². The van der Waals surface area contributed by atoms with Crippen LogP contribution < -0.4 is 5.32 Å². The van der Waals surface area contributed by atoms with E-state index in [1.165, 1.54) is 5.56 Å². The molecule has 2 unspecified atom stereocenters. The molecule has 0 fully saturated rings. The number of aromatic nitrogens is 2. The highest BCUT2D eigenvalue weighted by Crippen LogP contribution is 2.15. The topological polar surface area (TPSA) is 50.1 Å². The molecule has 0 aliphatic heterocycles. The average Bonchev–Trinajstić information content (AvgIpc) is 2.97. The van der Waals surface area contributed by atoms with Gasteiger partial charge >= 0.3 is 0 Å². The summed E-state index contributed by atoms with van der Waals surface area (Å²) in [4.78, 5) is 0. The van der Waals surface area contributed by atoms with Crippen LogP contribution in [0.1, 0.15) is 18.5 Å². The van der Waals surface area contributed by atoms with E-state index in [2.05, 4.69) is 34.2 Å². The SMILES string of the molecule is CC(NCC(O)Cn1cccn1)c1ccsc1. The molecule has 0 radical (unpaired) electrons. The molecule has 0 aliphatic rings. The lowest BCUT2D eigenvalue weighted by atomic mass is 10.2. The normalized spacial score (nSPS) is 14.7. The van der Waals surface area contributed by atoms with E-state index in [4.69, 9.17) is 0 Å². The Kier molecular flexibility index (Phi) is 4.30. The molecule has 0 spiro atoms. The van der Waals surface area contributed by atoms with Crippen LogP contribution in [-0.4, -0.2) is 27.5 Å². The minimum absolute atomic E-state index is 0.272. The molecule has 2 aromatic rings. The van der Waals surface area contributed by atoms with E-state index in [0.29, 0.717) is 13.1 Å². The molecule has 0 amide bonds. The Balaban J connectivity index is 1.74. The smallest absolute Gasteiger partial charge is 0.0860 e. The molecule has 2 N–H and O–H groups in total. The first-order valence-electron chi connectivity index (χ1n) is 5.66. The number of aliphatic hydroxyl groups excluding tert-OH is 1. The van der Waals surface area contributed by atoms with Crippen LogP contribution in [0, 0.1) is 0 Å². The quantitative estimate of drug-likeness (QED) is 0.821. The molecule has 0 saturated carbocycles. The zero-order valence-corrected chi connectivity index (χ0v) is 10.6. The van der Waals surface area contributed by atoms with Gasteiger partial charge in [0.15, 0.2) is 0 Å². The summed E-state index contributed by atoms with van der Waals surface area (Å²) in [5.74, 6) is 0. The van der Waals surface area contributed by atoms with Crippen LogP contribution in [0.25, 0.3) is 0 Å². The molecule has 0 saturated heterocycles. The predicted octanol–water partition coefficient (Wildman–Crippen LogP) is 1.66. The highest BCUT2D eigenvalue weighted by Gasteiger charge is 2.09. The van der Waals surface area contributed by atoms with Gasteiger partial charge in [-0.15, -0.1) is 0 Å². The number of aliphatic hydroxyl groups is 1. The summed E-state index contributed by atoms with van der Waals surface area (Å²) in [7, 11) is 0. The summed E-state index contributed by atoms with van der Waals surface area (Å²) in [6, 6.07) is 4.23. The second-order valence-electron chi connectivity index (χ2n) is 4.07. The lowest BCUT2D eigenvalue weighted by Gasteiger charge is -2.16. The third-order valence-corrected chi connectivity index (χ3v) is 3.36. The first-order valence-corrected chi connectivity index (χ1v) is 6.61. The summed E-state index contributed by atoms with van der Waals surface area (Å²) in [6.07, 6.45) is 3.15. The molecule has 0 aliphatic carbocycles. The van der Waals surface area contributed by atoms with E-state index >= 15 is 0 Å². The molecule has 4 nitrogen and oxygen atoms in total. The fraction of sp³-hybridized carbons (Fsp3) is 0.417. The lowest BCUT2D eigenvalue weighted by Crippen LogP contribution is -2.32. The fourth-order valence-electron chi connectivity index (χ4n) is 1.64. The Morgan fingerprint density at radius 2 is 2.47 bits per heavy atom. The van der Waals surface area contributed by atoms with Gasteiger partial charge in [-0.2, -0.15) is 16.4 Å². The Labute approximate surface area is 105 Å². The molecule has 0 aromatic carbocycles. The summed E-state index contributed by atoms with van der Waals surface area (Å²) in [5, 5.41) is 21.4. The van der Waals surface area contributed by atoms with Gasteiger partial charge in [0.25, 0.3) is 0 Å². The van der Waals surface area contributed by atoms with Gasteiger partial charge in [-0.3, -0.25) is 4.68 Å². The Bertz CT molecular complexity index is 413. The molecule has 2 heterocycles. The first-order chi connectivity index (χ1) is 8.25. The molecular formula is C12H17N3OS. The van der Waals surface area contributed by atoms with Crippen molar-refractivity contribution in [3.8, 4) is 0 Å². The van der Waals surface area contributed by atoms with Gasteiger partial charge in [0.2, 0.25) is 0 Å². The maximum atomic E-state index is 9.85. The van der Waals surface area contributed by atoms with Crippen molar-refractivity contribution in [1.82, 2.24) is 15.1 Å². The summed E-state index contributed by atoms with van der Waals surface area (Å²) < 4.78 is 1.74. The van der Waals surface area contributed by atoms with E-state index in [-0.39, 0.29) is 6.04 Å². The zero-order chi connectivity index (χ0) is 12.1. The van der Waals surface area contributed by atoms with Gasteiger partial charge in [-0.05, 0) is 35.4 Å². The molecule has 92 valence electrons. The Morgan fingerprint density at radius 3 is 3.12 bits per heavy atom. The number of nitrogens with one attached hydrogen (secondary N) is 1. The van der Waals surface area contributed by atoms with Crippen molar-refractivity contribution in [2.75, 3.05) is 6.54 Å². The zero-order valence-electron chi connectivity index (χ0n) is 9.78. The number of rotatable bonds is 6. The second kappa shape index (κ2) is 5.95. The number of hydrogen-bond donors (Lipinski definition) is 2. The molecular weight excluding hydrogens is 234 g/mol. The van der Waals surface area contributed by atoms with Crippen LogP contribution in [-0.2, 0) is 6.54 Å². The van der Waals surface area contributed by atoms with E-state index < -0.39 is 6.10 Å². The number of hydrogen-bond acceptors (Lipinski definition) is 4. The van der Waals surface area contributed by atoms with Gasteiger partial charge in [0, 0.05) is 25.0 Å². The third kappa shape index (κ3) is 3.66. The van der Waals surface area contributed by atoms with Crippen LogP contribution in [0.3, 0.4) is 0 Å². The minimum Gasteiger partial charge on any atom is -0.390 e. The number of nitrogens with zero attached hydrogens (tertiary/aromatic N) is 2. The van der Waals surface area contributed by atoms with E-state index in [9.17, 15) is 5.11 Å². The van der Waals surface area contributed by atoms with Gasteiger partial charge in [-0.25, -0.2) is 0 Å². The molecule has 0 bridgehead atoms. The molecule has 2 rings (SSSR count). The first kappa shape index (κ1) is 12.3. The Hall–Kier alpha value is -1.17. The van der Waals surface area contributed by atoms with E-state index in [1.54, 1.807) is 22.2 Å². The minimum atomic E-state index is -0.420. The van der Waals surface area contributed by atoms with Crippen molar-refractivity contribution in [3.05, 3.63) is 40.8 Å². The van der Waals surface area contributed by atoms with Crippen molar-refractivity contribution >= 4 is 11.3 Å². The second-order valence-corrected chi connectivity index (χ2v) is 4.85. The maximum absolute atomic E-state index is 9.85. The highest BCUT2D eigenvalue weighted by atomic mass is 32.1. The third-order valence-electron chi connectivity index (χ3n) is 2.66. The van der Waals surface area contributed by atoms with Crippen LogP contribution in [0.2, 0.25) is 0 Å². The highest BCUT2D eigenvalue weighted by molar-refractivity contribution is 7.07. The number of thiophene rings is 1. The van der Waals surface area contributed by atoms with E-state index in [1.807, 2.05) is 12.3 Å². The standard InChI is InChI=1S/C12H17N3OS/c1-10(11-3-6-17-9-11)13-7-12(16)8-15-5-2-4-14-15/h2-6,9-10,12-13,16H,7-8H2,1H3. The van der Waals surface area contributed by atoms with Crippen molar-refractivity contribution in [2.24, 2.45) is 0 Å². The molecule has 17 heavy (non-hydrogen) atoms. The predicted molar refractivity (Wildman–Crippen MR) is 69.0 cm³/mol. The van der Waals surface area contributed by atoms with Crippen molar-refractivity contribution in [1.29, 1.82) is 0 Å². The van der Waals surface area contributed by atoms with Crippen LogP contribution in [0.5, 0.6) is 0 Å². The van der Waals surface area contributed by atoms with Crippen molar-refractivity contribution in [2.45, 2.75) is 25.6 Å². The average molecular weight is 251 g/mol. The van der Waals surface area contributed by atoms with Gasteiger partial charge in [0.05, 0.1) is 12.6 Å². The van der Waals surface area contributed by atoms with Crippen molar-refractivity contribution < 1.29 is 5.11 Å². The summed E-state index contributed by atoms with van der Waals surface area (Å²) in [5.41, 5.74) is 1.27. The molecule has 2 atom stereocenters. The lowest BCUT2D eigenvalue weighted by molar-refractivity contribution is 0.143. The largest absolute Gasteiger partial charge is 0.390 e. The monoisotopic (exact) mass is 251 g/mol. The molecule has 5 heteroatoms. The van der Waals surface area contributed by atoms with Gasteiger partial charge in [-0.1, -0.05) is 0 Å². The molecule has 2 aromatic heterocycles. The van der Waals surface area contributed by atoms with Crippen LogP contribution in [0.15, 0.2) is 35.3 Å².